The summed E-state index contributed by atoms with van der Waals surface area (Å²) in [6.07, 6.45) is 1.86. The molecule has 0 aliphatic carbocycles. The van der Waals surface area contributed by atoms with Crippen LogP contribution < -0.4 is 0 Å². The van der Waals surface area contributed by atoms with Gasteiger partial charge in [0.25, 0.3) is 5.91 Å². The molecule has 0 unspecified atom stereocenters. The second kappa shape index (κ2) is 5.80. The molecule has 0 aliphatic rings. The standard InChI is InChI=1S/C11H16ClN3O/c1-4-8(5-2)15(3)11(16)9-6-7-10(12)14-13-9/h6-8H,4-5H2,1-3H3. The number of carbonyl (C=O) groups excluding carboxylic acids is 1. The van der Waals surface area contributed by atoms with E-state index in [0.717, 1.165) is 12.8 Å². The maximum absolute atomic E-state index is 12.0. The number of aromatic nitrogens is 2. The van der Waals surface area contributed by atoms with E-state index in [9.17, 15) is 4.79 Å². The van der Waals surface area contributed by atoms with Crippen molar-refractivity contribution in [1.82, 2.24) is 15.1 Å². The third kappa shape index (κ3) is 2.92. The Morgan fingerprint density at radius 1 is 1.38 bits per heavy atom. The molecule has 0 fully saturated rings. The van der Waals surface area contributed by atoms with Crippen LogP contribution >= 0.6 is 11.6 Å². The van der Waals surface area contributed by atoms with Gasteiger partial charge in [-0.2, -0.15) is 0 Å². The number of nitrogens with zero attached hydrogens (tertiary/aromatic N) is 3. The molecular weight excluding hydrogens is 226 g/mol. The Morgan fingerprint density at radius 3 is 2.44 bits per heavy atom. The fourth-order valence-electron chi connectivity index (χ4n) is 1.61. The highest BCUT2D eigenvalue weighted by molar-refractivity contribution is 6.29. The predicted molar refractivity (Wildman–Crippen MR) is 63.5 cm³/mol. The lowest BCUT2D eigenvalue weighted by molar-refractivity contribution is 0.0716. The lowest BCUT2D eigenvalue weighted by atomic mass is 10.1. The highest BCUT2D eigenvalue weighted by Crippen LogP contribution is 2.10. The van der Waals surface area contributed by atoms with Crippen LogP contribution in [0.4, 0.5) is 0 Å². The van der Waals surface area contributed by atoms with Gasteiger partial charge in [-0.25, -0.2) is 0 Å². The monoisotopic (exact) mass is 241 g/mol. The quantitative estimate of drug-likeness (QED) is 0.813. The van der Waals surface area contributed by atoms with E-state index in [4.69, 9.17) is 11.6 Å². The van der Waals surface area contributed by atoms with Crippen molar-refractivity contribution >= 4 is 17.5 Å². The molecule has 1 aromatic rings. The molecule has 0 spiro atoms. The van der Waals surface area contributed by atoms with Crippen molar-refractivity contribution in [3.63, 3.8) is 0 Å². The highest BCUT2D eigenvalue weighted by Gasteiger charge is 2.19. The summed E-state index contributed by atoms with van der Waals surface area (Å²) in [5.41, 5.74) is 0.332. The predicted octanol–water partition coefficient (Wildman–Crippen LogP) is 2.39. The smallest absolute Gasteiger partial charge is 0.274 e. The summed E-state index contributed by atoms with van der Waals surface area (Å²) >= 11 is 5.61. The number of amides is 1. The normalized spacial score (nSPS) is 10.6. The molecule has 0 saturated carbocycles. The van der Waals surface area contributed by atoms with Gasteiger partial charge >= 0.3 is 0 Å². The first-order valence-electron chi connectivity index (χ1n) is 5.36. The van der Waals surface area contributed by atoms with Crippen molar-refractivity contribution in [1.29, 1.82) is 0 Å². The molecule has 0 bridgehead atoms. The summed E-state index contributed by atoms with van der Waals surface area (Å²) in [7, 11) is 1.79. The number of hydrogen-bond acceptors (Lipinski definition) is 3. The molecule has 1 heterocycles. The zero-order valence-electron chi connectivity index (χ0n) is 9.77. The third-order valence-corrected chi connectivity index (χ3v) is 2.86. The molecule has 4 nitrogen and oxygen atoms in total. The van der Waals surface area contributed by atoms with Crippen LogP contribution in [0.25, 0.3) is 0 Å². The molecular formula is C11H16ClN3O. The first-order valence-corrected chi connectivity index (χ1v) is 5.74. The van der Waals surface area contributed by atoms with E-state index in [1.54, 1.807) is 24.1 Å². The summed E-state index contributed by atoms with van der Waals surface area (Å²) in [5.74, 6) is -0.113. The van der Waals surface area contributed by atoms with Crippen LogP contribution in [0.5, 0.6) is 0 Å². The van der Waals surface area contributed by atoms with Gasteiger partial charge in [0.15, 0.2) is 10.8 Å². The van der Waals surface area contributed by atoms with Crippen LogP contribution in [0, 0.1) is 0 Å². The zero-order chi connectivity index (χ0) is 12.1. The van der Waals surface area contributed by atoms with Crippen molar-refractivity contribution in [2.24, 2.45) is 0 Å². The second-order valence-electron chi connectivity index (χ2n) is 3.63. The molecule has 88 valence electrons. The van der Waals surface area contributed by atoms with Gasteiger partial charge in [0, 0.05) is 13.1 Å². The summed E-state index contributed by atoms with van der Waals surface area (Å²) in [4.78, 5) is 13.7. The summed E-state index contributed by atoms with van der Waals surface area (Å²) in [6.45, 7) is 4.12. The minimum atomic E-state index is -0.113. The van der Waals surface area contributed by atoms with Gasteiger partial charge in [0.1, 0.15) is 0 Å². The van der Waals surface area contributed by atoms with Crippen molar-refractivity contribution in [3.8, 4) is 0 Å². The Bertz CT molecular complexity index is 349. The average Bonchev–Trinajstić information content (AvgIpc) is 2.30. The van der Waals surface area contributed by atoms with E-state index < -0.39 is 0 Å². The Kier molecular flexibility index (Phi) is 4.68. The molecule has 1 amide bonds. The first kappa shape index (κ1) is 12.9. The van der Waals surface area contributed by atoms with Crippen molar-refractivity contribution in [2.75, 3.05) is 7.05 Å². The van der Waals surface area contributed by atoms with Gasteiger partial charge in [-0.1, -0.05) is 25.4 Å². The molecule has 1 aromatic heterocycles. The number of rotatable bonds is 4. The van der Waals surface area contributed by atoms with E-state index in [-0.39, 0.29) is 11.9 Å². The van der Waals surface area contributed by atoms with Crippen LogP contribution in [-0.2, 0) is 0 Å². The fourth-order valence-corrected chi connectivity index (χ4v) is 1.71. The van der Waals surface area contributed by atoms with Crippen LogP contribution in [0.15, 0.2) is 12.1 Å². The summed E-state index contributed by atoms with van der Waals surface area (Å²) < 4.78 is 0. The Hall–Kier alpha value is -1.16. The molecule has 0 radical (unpaired) electrons. The summed E-state index contributed by atoms with van der Waals surface area (Å²) in [6, 6.07) is 3.41. The van der Waals surface area contributed by atoms with Crippen LogP contribution in [-0.4, -0.2) is 34.1 Å². The van der Waals surface area contributed by atoms with E-state index >= 15 is 0 Å². The minimum absolute atomic E-state index is 0.113. The van der Waals surface area contributed by atoms with Gasteiger partial charge in [-0.05, 0) is 25.0 Å². The lowest BCUT2D eigenvalue weighted by Gasteiger charge is -2.25. The molecule has 5 heteroatoms. The SMILES string of the molecule is CCC(CC)N(C)C(=O)c1ccc(Cl)nn1. The van der Waals surface area contributed by atoms with Gasteiger partial charge in [-0.3, -0.25) is 4.79 Å². The zero-order valence-corrected chi connectivity index (χ0v) is 10.5. The van der Waals surface area contributed by atoms with Gasteiger partial charge in [0.05, 0.1) is 0 Å². The van der Waals surface area contributed by atoms with Crippen molar-refractivity contribution < 1.29 is 4.79 Å². The summed E-state index contributed by atoms with van der Waals surface area (Å²) in [5, 5.41) is 7.73. The van der Waals surface area contributed by atoms with Crippen molar-refractivity contribution in [2.45, 2.75) is 32.7 Å². The first-order chi connectivity index (χ1) is 7.60. The van der Waals surface area contributed by atoms with E-state index in [0.29, 0.717) is 10.8 Å². The molecule has 0 saturated heterocycles. The van der Waals surface area contributed by atoms with Gasteiger partial charge in [0.2, 0.25) is 0 Å². The molecule has 0 N–H and O–H groups in total. The van der Waals surface area contributed by atoms with Gasteiger partial charge in [-0.15, -0.1) is 10.2 Å². The van der Waals surface area contributed by atoms with E-state index in [1.807, 2.05) is 0 Å². The van der Waals surface area contributed by atoms with E-state index in [1.165, 1.54) is 0 Å². The van der Waals surface area contributed by atoms with Crippen LogP contribution in [0.1, 0.15) is 37.2 Å². The highest BCUT2D eigenvalue weighted by atomic mass is 35.5. The average molecular weight is 242 g/mol. The van der Waals surface area contributed by atoms with Crippen LogP contribution in [0.2, 0.25) is 5.15 Å². The molecule has 0 atom stereocenters. The molecule has 1 rings (SSSR count). The Labute approximate surface area is 101 Å². The van der Waals surface area contributed by atoms with Crippen LogP contribution in [0.3, 0.4) is 0 Å². The number of halogens is 1. The topological polar surface area (TPSA) is 46.1 Å². The largest absolute Gasteiger partial charge is 0.337 e. The number of carbonyl (C=O) groups is 1. The van der Waals surface area contributed by atoms with Crippen molar-refractivity contribution in [3.05, 3.63) is 23.0 Å². The lowest BCUT2D eigenvalue weighted by Crippen LogP contribution is -2.36. The molecule has 16 heavy (non-hydrogen) atoms. The maximum Gasteiger partial charge on any atom is 0.274 e. The maximum atomic E-state index is 12.0. The Balaban J connectivity index is 2.81. The number of hydrogen-bond donors (Lipinski definition) is 0. The fraction of sp³-hybridized carbons (Fsp3) is 0.545. The molecule has 0 aliphatic heterocycles. The van der Waals surface area contributed by atoms with E-state index in [2.05, 4.69) is 24.0 Å². The third-order valence-electron chi connectivity index (χ3n) is 2.66. The second-order valence-corrected chi connectivity index (χ2v) is 4.01. The minimum Gasteiger partial charge on any atom is -0.337 e. The Morgan fingerprint density at radius 2 is 2.00 bits per heavy atom. The molecule has 0 aromatic carbocycles. The van der Waals surface area contributed by atoms with Gasteiger partial charge < -0.3 is 4.90 Å².